The first-order valence-corrected chi connectivity index (χ1v) is 8.49. The summed E-state index contributed by atoms with van der Waals surface area (Å²) in [5.74, 6) is -1.13. The third-order valence-electron chi connectivity index (χ3n) is 4.68. The predicted octanol–water partition coefficient (Wildman–Crippen LogP) is 4.50. The van der Waals surface area contributed by atoms with Crippen LogP contribution in [0.25, 0.3) is 11.1 Å². The van der Waals surface area contributed by atoms with E-state index in [9.17, 15) is 14.4 Å². The smallest absolute Gasteiger partial charge is 0.234 e. The van der Waals surface area contributed by atoms with Gasteiger partial charge in [-0.05, 0) is 29.7 Å². The summed E-state index contributed by atoms with van der Waals surface area (Å²) in [6.07, 6.45) is 1.68. The number of benzene rings is 2. The zero-order chi connectivity index (χ0) is 18.2. The SMILES string of the molecule is CCCC(C)(C)C(=O)Nc1ccc2c(c1)C(=O)C(=O)c1ccccc1-2. The number of ketones is 2. The second-order valence-corrected chi connectivity index (χ2v) is 7.05. The van der Waals surface area contributed by atoms with E-state index in [1.807, 2.05) is 32.9 Å². The Morgan fingerprint density at radius 3 is 2.20 bits per heavy atom. The molecule has 3 rings (SSSR count). The van der Waals surface area contributed by atoms with Gasteiger partial charge in [-0.15, -0.1) is 0 Å². The molecule has 0 aliphatic heterocycles. The van der Waals surface area contributed by atoms with Crippen LogP contribution >= 0.6 is 0 Å². The Balaban J connectivity index is 1.97. The lowest BCUT2D eigenvalue weighted by Gasteiger charge is -2.24. The largest absolute Gasteiger partial charge is 0.326 e. The van der Waals surface area contributed by atoms with Gasteiger partial charge in [0.2, 0.25) is 17.5 Å². The molecule has 1 N–H and O–H groups in total. The molecular formula is C21H21NO3. The van der Waals surface area contributed by atoms with Crippen LogP contribution in [0.5, 0.6) is 0 Å². The molecule has 4 heteroatoms. The average Bonchev–Trinajstić information content (AvgIpc) is 2.59. The van der Waals surface area contributed by atoms with Crippen LogP contribution in [0, 0.1) is 5.41 Å². The van der Waals surface area contributed by atoms with Gasteiger partial charge >= 0.3 is 0 Å². The minimum absolute atomic E-state index is 0.0933. The molecule has 128 valence electrons. The molecule has 1 amide bonds. The summed E-state index contributed by atoms with van der Waals surface area (Å²) in [4.78, 5) is 37.2. The number of hydrogen-bond donors (Lipinski definition) is 1. The lowest BCUT2D eigenvalue weighted by Crippen LogP contribution is -2.30. The molecule has 0 fully saturated rings. The van der Waals surface area contributed by atoms with Crippen molar-refractivity contribution in [3.8, 4) is 11.1 Å². The molecule has 0 saturated heterocycles. The van der Waals surface area contributed by atoms with Gasteiger partial charge in [-0.3, -0.25) is 14.4 Å². The molecule has 0 radical (unpaired) electrons. The molecule has 4 nitrogen and oxygen atoms in total. The van der Waals surface area contributed by atoms with E-state index in [-0.39, 0.29) is 5.91 Å². The van der Waals surface area contributed by atoms with Gasteiger partial charge in [-0.2, -0.15) is 0 Å². The van der Waals surface area contributed by atoms with E-state index < -0.39 is 17.0 Å². The van der Waals surface area contributed by atoms with Gasteiger partial charge < -0.3 is 5.32 Å². The van der Waals surface area contributed by atoms with Crippen LogP contribution in [-0.4, -0.2) is 17.5 Å². The molecule has 25 heavy (non-hydrogen) atoms. The molecule has 0 unspecified atom stereocenters. The first kappa shape index (κ1) is 17.1. The molecule has 0 heterocycles. The molecule has 1 aliphatic rings. The van der Waals surface area contributed by atoms with Crippen LogP contribution in [0.1, 0.15) is 54.3 Å². The third kappa shape index (κ3) is 3.00. The fraction of sp³-hybridized carbons (Fsp3) is 0.286. The summed E-state index contributed by atoms with van der Waals surface area (Å²) < 4.78 is 0. The first-order valence-electron chi connectivity index (χ1n) is 8.49. The number of Topliss-reactive ketones (excluding diaryl/α,β-unsaturated/α-hetero) is 2. The Labute approximate surface area is 147 Å². The minimum atomic E-state index is -0.530. The summed E-state index contributed by atoms with van der Waals surface area (Å²) in [5, 5.41) is 2.87. The quantitative estimate of drug-likeness (QED) is 0.837. The zero-order valence-corrected chi connectivity index (χ0v) is 14.7. The van der Waals surface area contributed by atoms with Crippen molar-refractivity contribution >= 4 is 23.2 Å². The van der Waals surface area contributed by atoms with Gasteiger partial charge in [0.1, 0.15) is 0 Å². The molecular weight excluding hydrogens is 314 g/mol. The highest BCUT2D eigenvalue weighted by Gasteiger charge is 2.31. The topological polar surface area (TPSA) is 63.2 Å². The maximum atomic E-state index is 12.5. The molecule has 2 aromatic rings. The maximum absolute atomic E-state index is 12.5. The second-order valence-electron chi connectivity index (χ2n) is 7.05. The van der Waals surface area contributed by atoms with Crippen molar-refractivity contribution in [1.29, 1.82) is 0 Å². The monoisotopic (exact) mass is 335 g/mol. The number of fused-ring (bicyclic) bond motifs is 3. The van der Waals surface area contributed by atoms with Gasteiger partial charge in [-0.25, -0.2) is 0 Å². The highest BCUT2D eigenvalue weighted by atomic mass is 16.2. The number of hydrogen-bond acceptors (Lipinski definition) is 3. The maximum Gasteiger partial charge on any atom is 0.234 e. The number of carbonyl (C=O) groups excluding carboxylic acids is 3. The Morgan fingerprint density at radius 1 is 0.920 bits per heavy atom. The van der Waals surface area contributed by atoms with Gasteiger partial charge in [0.25, 0.3) is 0 Å². The minimum Gasteiger partial charge on any atom is -0.326 e. The summed E-state index contributed by atoms with van der Waals surface area (Å²) in [6.45, 7) is 5.83. The van der Waals surface area contributed by atoms with Crippen molar-refractivity contribution < 1.29 is 14.4 Å². The van der Waals surface area contributed by atoms with Crippen molar-refractivity contribution in [2.24, 2.45) is 5.41 Å². The number of rotatable bonds is 4. The van der Waals surface area contributed by atoms with Crippen molar-refractivity contribution in [1.82, 2.24) is 0 Å². The van der Waals surface area contributed by atoms with Crippen LogP contribution in [0.15, 0.2) is 42.5 Å². The van der Waals surface area contributed by atoms with Gasteiger partial charge in [0, 0.05) is 22.2 Å². The van der Waals surface area contributed by atoms with E-state index in [4.69, 9.17) is 0 Å². The molecule has 0 saturated carbocycles. The molecule has 1 aliphatic carbocycles. The van der Waals surface area contributed by atoms with Crippen molar-refractivity contribution in [2.75, 3.05) is 5.32 Å². The highest BCUT2D eigenvalue weighted by molar-refractivity contribution is 6.53. The lowest BCUT2D eigenvalue weighted by molar-refractivity contribution is -0.124. The van der Waals surface area contributed by atoms with Crippen LogP contribution in [0.2, 0.25) is 0 Å². The number of anilines is 1. The summed E-state index contributed by atoms with van der Waals surface area (Å²) >= 11 is 0. The van der Waals surface area contributed by atoms with E-state index in [1.165, 1.54) is 0 Å². The van der Waals surface area contributed by atoms with E-state index >= 15 is 0 Å². The average molecular weight is 335 g/mol. The molecule has 0 atom stereocenters. The molecule has 0 bridgehead atoms. The Kier molecular flexibility index (Phi) is 4.29. The zero-order valence-electron chi connectivity index (χ0n) is 14.7. The van der Waals surface area contributed by atoms with Crippen molar-refractivity contribution in [2.45, 2.75) is 33.6 Å². The molecule has 2 aromatic carbocycles. The van der Waals surface area contributed by atoms with Crippen LogP contribution in [-0.2, 0) is 4.79 Å². The highest BCUT2D eigenvalue weighted by Crippen LogP contribution is 2.35. The van der Waals surface area contributed by atoms with E-state index in [0.717, 1.165) is 24.0 Å². The summed E-state index contributed by atoms with van der Waals surface area (Å²) in [7, 11) is 0. The number of carbonyl (C=O) groups is 3. The van der Waals surface area contributed by atoms with Crippen LogP contribution in [0.3, 0.4) is 0 Å². The fourth-order valence-electron chi connectivity index (χ4n) is 3.24. The van der Waals surface area contributed by atoms with Crippen molar-refractivity contribution in [3.63, 3.8) is 0 Å². The van der Waals surface area contributed by atoms with Gasteiger partial charge in [0.15, 0.2) is 0 Å². The summed E-state index contributed by atoms with van der Waals surface area (Å²) in [5.41, 5.74) is 2.30. The molecule has 0 aromatic heterocycles. The summed E-state index contributed by atoms with van der Waals surface area (Å²) in [6, 6.07) is 12.3. The standard InChI is InChI=1S/C21H21NO3/c1-4-11-21(2,3)20(25)22-13-9-10-15-14-7-5-6-8-16(14)18(23)19(24)17(15)12-13/h5-10,12H,4,11H2,1-3H3,(H,22,25). The fourth-order valence-corrected chi connectivity index (χ4v) is 3.24. The lowest BCUT2D eigenvalue weighted by atomic mass is 9.83. The third-order valence-corrected chi connectivity index (χ3v) is 4.68. The normalized spacial score (nSPS) is 13.2. The Morgan fingerprint density at radius 2 is 1.52 bits per heavy atom. The predicted molar refractivity (Wildman–Crippen MR) is 97.9 cm³/mol. The Hall–Kier alpha value is -2.75. The van der Waals surface area contributed by atoms with Crippen LogP contribution in [0.4, 0.5) is 5.69 Å². The van der Waals surface area contributed by atoms with Crippen LogP contribution < -0.4 is 5.32 Å². The number of nitrogens with one attached hydrogen (secondary N) is 1. The molecule has 0 spiro atoms. The van der Waals surface area contributed by atoms with Gasteiger partial charge in [0.05, 0.1) is 0 Å². The van der Waals surface area contributed by atoms with Crippen molar-refractivity contribution in [3.05, 3.63) is 53.6 Å². The number of amides is 1. The second kappa shape index (κ2) is 6.28. The van der Waals surface area contributed by atoms with E-state index in [1.54, 1.807) is 30.3 Å². The first-order chi connectivity index (χ1) is 11.8. The van der Waals surface area contributed by atoms with E-state index in [0.29, 0.717) is 16.8 Å². The Bertz CT molecular complexity index is 880. The van der Waals surface area contributed by atoms with Gasteiger partial charge in [-0.1, -0.05) is 57.5 Å². The van der Waals surface area contributed by atoms with E-state index in [2.05, 4.69) is 5.32 Å².